The van der Waals surface area contributed by atoms with E-state index in [-0.39, 0.29) is 11.8 Å². The summed E-state index contributed by atoms with van der Waals surface area (Å²) in [4.78, 5) is 14.0. The minimum Gasteiger partial charge on any atom is -0.493 e. The van der Waals surface area contributed by atoms with E-state index in [0.29, 0.717) is 24.7 Å². The first-order chi connectivity index (χ1) is 11.7. The molecule has 1 saturated heterocycles. The number of benzene rings is 1. The highest BCUT2D eigenvalue weighted by molar-refractivity contribution is 5.78. The Hall–Kier alpha value is -1.83. The minimum atomic E-state index is -0.0841. The monoisotopic (exact) mass is 337 g/mol. The second-order valence-electron chi connectivity index (χ2n) is 5.91. The molecule has 0 spiro atoms. The first-order valence-electron chi connectivity index (χ1n) is 8.19. The van der Waals surface area contributed by atoms with Gasteiger partial charge in [0.1, 0.15) is 6.61 Å². The number of nitrogens with one attached hydrogen (secondary N) is 1. The lowest BCUT2D eigenvalue weighted by Gasteiger charge is -2.31. The van der Waals surface area contributed by atoms with E-state index >= 15 is 0 Å². The van der Waals surface area contributed by atoms with Gasteiger partial charge in [-0.05, 0) is 37.1 Å². The molecule has 7 nitrogen and oxygen atoms in total. The third-order valence-corrected chi connectivity index (χ3v) is 4.20. The van der Waals surface area contributed by atoms with E-state index in [4.69, 9.17) is 20.1 Å². The van der Waals surface area contributed by atoms with Gasteiger partial charge in [0.2, 0.25) is 5.91 Å². The van der Waals surface area contributed by atoms with Gasteiger partial charge >= 0.3 is 0 Å². The molecule has 2 rings (SSSR count). The van der Waals surface area contributed by atoms with Gasteiger partial charge in [-0.25, -0.2) is 5.84 Å². The van der Waals surface area contributed by atoms with Crippen molar-refractivity contribution in [1.29, 1.82) is 0 Å². The number of hydrogen-bond acceptors (Lipinski definition) is 6. The van der Waals surface area contributed by atoms with Crippen LogP contribution in [0.1, 0.15) is 18.4 Å². The highest BCUT2D eigenvalue weighted by Crippen LogP contribution is 2.29. The molecule has 0 radical (unpaired) electrons. The highest BCUT2D eigenvalue weighted by atomic mass is 16.5. The summed E-state index contributed by atoms with van der Waals surface area (Å²) in [5.41, 5.74) is 3.38. The number of hydrazine groups is 1. The maximum absolute atomic E-state index is 11.7. The van der Waals surface area contributed by atoms with E-state index in [2.05, 4.69) is 10.3 Å². The number of methoxy groups -OCH3 is 2. The maximum atomic E-state index is 11.7. The Morgan fingerprint density at radius 1 is 1.33 bits per heavy atom. The van der Waals surface area contributed by atoms with E-state index < -0.39 is 0 Å². The topological polar surface area (TPSA) is 86.1 Å². The number of amides is 1. The molecule has 1 amide bonds. The number of carbonyl (C=O) groups excluding carboxylic acids is 1. The van der Waals surface area contributed by atoms with E-state index in [1.165, 1.54) is 0 Å². The van der Waals surface area contributed by atoms with Crippen molar-refractivity contribution in [2.45, 2.75) is 19.4 Å². The minimum absolute atomic E-state index is 0.0395. The number of rotatable bonds is 8. The zero-order valence-corrected chi connectivity index (χ0v) is 14.4. The lowest BCUT2D eigenvalue weighted by Crippen LogP contribution is -2.44. The Labute approximate surface area is 143 Å². The molecular formula is C17H27N3O4. The van der Waals surface area contributed by atoms with Crippen molar-refractivity contribution in [1.82, 2.24) is 10.3 Å². The summed E-state index contributed by atoms with van der Waals surface area (Å²) < 4.78 is 16.0. The third-order valence-electron chi connectivity index (χ3n) is 4.20. The van der Waals surface area contributed by atoms with Gasteiger partial charge in [-0.3, -0.25) is 15.1 Å². The molecule has 134 valence electrons. The van der Waals surface area contributed by atoms with Crippen molar-refractivity contribution in [3.8, 4) is 11.5 Å². The van der Waals surface area contributed by atoms with Gasteiger partial charge in [0, 0.05) is 20.2 Å². The summed E-state index contributed by atoms with van der Waals surface area (Å²) in [5.74, 6) is 6.54. The van der Waals surface area contributed by atoms with Crippen molar-refractivity contribution >= 4 is 5.91 Å². The van der Waals surface area contributed by atoms with E-state index in [9.17, 15) is 4.79 Å². The Bertz CT molecular complexity index is 539. The molecular weight excluding hydrogens is 310 g/mol. The van der Waals surface area contributed by atoms with Crippen LogP contribution in [0.15, 0.2) is 18.2 Å². The predicted molar refractivity (Wildman–Crippen MR) is 90.7 cm³/mol. The molecule has 0 saturated carbocycles. The van der Waals surface area contributed by atoms with Crippen LogP contribution in [0.5, 0.6) is 11.5 Å². The molecule has 1 atom stereocenters. The molecule has 7 heteroatoms. The summed E-state index contributed by atoms with van der Waals surface area (Å²) in [7, 11) is 3.27. The van der Waals surface area contributed by atoms with Gasteiger partial charge in [0.15, 0.2) is 11.5 Å². The fraction of sp³-hybridized carbons (Fsp3) is 0.588. The van der Waals surface area contributed by atoms with Crippen molar-refractivity contribution in [2.75, 3.05) is 40.5 Å². The molecule has 1 aliphatic rings. The number of nitrogens with two attached hydrogens (primary N) is 1. The molecule has 1 aromatic rings. The van der Waals surface area contributed by atoms with Crippen LogP contribution in [0, 0.1) is 5.92 Å². The molecule has 1 fully saturated rings. The van der Waals surface area contributed by atoms with Crippen molar-refractivity contribution in [2.24, 2.45) is 11.8 Å². The highest BCUT2D eigenvalue weighted by Gasteiger charge is 2.25. The molecule has 1 aliphatic heterocycles. The first-order valence-corrected chi connectivity index (χ1v) is 8.19. The number of likely N-dealkylation sites (tertiary alicyclic amines) is 1. The van der Waals surface area contributed by atoms with Crippen molar-refractivity contribution in [3.63, 3.8) is 0 Å². The normalized spacial score (nSPS) is 18.2. The molecule has 1 aromatic carbocycles. The number of piperidine rings is 1. The first kappa shape index (κ1) is 18.5. The van der Waals surface area contributed by atoms with Crippen LogP contribution < -0.4 is 20.7 Å². The fourth-order valence-electron chi connectivity index (χ4n) is 2.95. The summed E-state index contributed by atoms with van der Waals surface area (Å²) in [6.07, 6.45) is 1.88. The maximum Gasteiger partial charge on any atom is 0.238 e. The molecule has 24 heavy (non-hydrogen) atoms. The molecule has 3 N–H and O–H groups in total. The van der Waals surface area contributed by atoms with Gasteiger partial charge < -0.3 is 14.2 Å². The van der Waals surface area contributed by atoms with Gasteiger partial charge in [-0.1, -0.05) is 6.07 Å². The summed E-state index contributed by atoms with van der Waals surface area (Å²) in [6.45, 7) is 3.47. The summed E-state index contributed by atoms with van der Waals surface area (Å²) >= 11 is 0. The molecule has 0 aliphatic carbocycles. The molecule has 1 heterocycles. The molecule has 0 bridgehead atoms. The fourth-order valence-corrected chi connectivity index (χ4v) is 2.95. The third kappa shape index (κ3) is 5.09. The average Bonchev–Trinajstić information content (AvgIpc) is 2.62. The number of ether oxygens (including phenoxy) is 3. The lowest BCUT2D eigenvalue weighted by atomic mass is 9.97. The Morgan fingerprint density at radius 2 is 2.17 bits per heavy atom. The van der Waals surface area contributed by atoms with Gasteiger partial charge in [-0.15, -0.1) is 0 Å². The quantitative estimate of drug-likeness (QED) is 0.318. The van der Waals surface area contributed by atoms with E-state index in [1.807, 2.05) is 18.2 Å². The Morgan fingerprint density at radius 3 is 2.88 bits per heavy atom. The largest absolute Gasteiger partial charge is 0.493 e. The smallest absolute Gasteiger partial charge is 0.238 e. The Balaban J connectivity index is 1.97. The van der Waals surface area contributed by atoms with E-state index in [0.717, 1.165) is 38.0 Å². The van der Waals surface area contributed by atoms with Crippen LogP contribution in [-0.2, 0) is 16.1 Å². The standard InChI is InChI=1S/C17H27N3O4/c1-22-8-9-24-15-6-5-13(10-16(15)23-2)11-20-7-3-4-14(12-20)17(21)19-18/h5-6,10,14H,3-4,7-9,11-12,18H2,1-2H3,(H,19,21). The van der Waals surface area contributed by atoms with E-state index in [1.54, 1.807) is 14.2 Å². The average molecular weight is 337 g/mol. The van der Waals surface area contributed by atoms with Crippen LogP contribution in [0.25, 0.3) is 0 Å². The Kier molecular flexibility index (Phi) is 7.30. The van der Waals surface area contributed by atoms with Crippen molar-refractivity contribution < 1.29 is 19.0 Å². The zero-order valence-electron chi connectivity index (χ0n) is 14.4. The van der Waals surface area contributed by atoms with Crippen LogP contribution in [0.2, 0.25) is 0 Å². The second-order valence-corrected chi connectivity index (χ2v) is 5.91. The number of carbonyl (C=O) groups is 1. The van der Waals surface area contributed by atoms with Crippen LogP contribution in [0.3, 0.4) is 0 Å². The van der Waals surface area contributed by atoms with Crippen molar-refractivity contribution in [3.05, 3.63) is 23.8 Å². The summed E-state index contributed by atoms with van der Waals surface area (Å²) in [5, 5.41) is 0. The van der Waals surface area contributed by atoms with Gasteiger partial charge in [0.05, 0.1) is 19.6 Å². The number of nitrogens with zero attached hydrogens (tertiary/aromatic N) is 1. The lowest BCUT2D eigenvalue weighted by molar-refractivity contribution is -0.126. The molecule has 0 aromatic heterocycles. The number of hydrogen-bond donors (Lipinski definition) is 2. The zero-order chi connectivity index (χ0) is 17.4. The summed E-state index contributed by atoms with van der Waals surface area (Å²) in [6, 6.07) is 5.92. The SMILES string of the molecule is COCCOc1ccc(CN2CCCC(C(=O)NN)C2)cc1OC. The van der Waals surface area contributed by atoms with Gasteiger partial charge in [-0.2, -0.15) is 0 Å². The second kappa shape index (κ2) is 9.46. The van der Waals surface area contributed by atoms with Crippen LogP contribution in [-0.4, -0.2) is 51.3 Å². The molecule has 1 unspecified atom stereocenters. The van der Waals surface area contributed by atoms with Gasteiger partial charge in [0.25, 0.3) is 0 Å². The van der Waals surface area contributed by atoms with Crippen LogP contribution >= 0.6 is 0 Å². The predicted octanol–water partition coefficient (Wildman–Crippen LogP) is 0.922. The van der Waals surface area contributed by atoms with Crippen LogP contribution in [0.4, 0.5) is 0 Å².